The molecule has 172 valence electrons. The molecule has 0 aliphatic heterocycles. The van der Waals surface area contributed by atoms with Crippen molar-refractivity contribution in [3.8, 4) is 5.75 Å². The molecule has 0 heterocycles. The first-order valence-electron chi connectivity index (χ1n) is 10.3. The lowest BCUT2D eigenvalue weighted by Gasteiger charge is -2.11. The minimum atomic E-state index is -0.357. The zero-order valence-electron chi connectivity index (χ0n) is 18.3. The van der Waals surface area contributed by atoms with Gasteiger partial charge in [0.05, 0.1) is 6.61 Å². The first kappa shape index (κ1) is 25.3. The summed E-state index contributed by atoms with van der Waals surface area (Å²) in [5.41, 5.74) is 1.60. The molecule has 0 aliphatic rings. The number of carbonyl (C=O) groups excluding carboxylic acids is 2. The summed E-state index contributed by atoms with van der Waals surface area (Å²) in [6.45, 7) is 4.56. The zero-order valence-corrected chi connectivity index (χ0v) is 19.1. The van der Waals surface area contributed by atoms with Crippen molar-refractivity contribution in [1.29, 1.82) is 0 Å². The van der Waals surface area contributed by atoms with E-state index in [-0.39, 0.29) is 16.9 Å². The monoisotopic (exact) mass is 459 g/mol. The molecule has 0 bridgehead atoms. The first-order chi connectivity index (χ1) is 15.5. The molecule has 0 spiro atoms. The Labute approximate surface area is 193 Å². The van der Waals surface area contributed by atoms with Crippen LogP contribution < -0.4 is 20.7 Å². The van der Waals surface area contributed by atoms with E-state index in [4.69, 9.17) is 26.4 Å². The lowest BCUT2D eigenvalue weighted by Crippen LogP contribution is -2.34. The Morgan fingerprint density at radius 2 is 1.75 bits per heavy atom. The SMILES string of the molecule is CCOCCOc1cccc(C(=O)NC(=S)Nc2ccc(C(=O)NCCCOC)cc2)c1. The van der Waals surface area contributed by atoms with Gasteiger partial charge in [-0.25, -0.2) is 0 Å². The van der Waals surface area contributed by atoms with E-state index in [9.17, 15) is 9.59 Å². The molecule has 0 aliphatic carbocycles. The first-order valence-corrected chi connectivity index (χ1v) is 10.7. The van der Waals surface area contributed by atoms with E-state index < -0.39 is 0 Å². The van der Waals surface area contributed by atoms with Gasteiger partial charge in [-0.1, -0.05) is 6.07 Å². The molecule has 0 aromatic heterocycles. The number of hydrogen-bond acceptors (Lipinski definition) is 6. The summed E-state index contributed by atoms with van der Waals surface area (Å²) in [7, 11) is 1.62. The van der Waals surface area contributed by atoms with Crippen molar-refractivity contribution in [2.75, 3.05) is 45.4 Å². The van der Waals surface area contributed by atoms with Gasteiger partial charge in [-0.2, -0.15) is 0 Å². The highest BCUT2D eigenvalue weighted by Crippen LogP contribution is 2.14. The normalized spacial score (nSPS) is 10.3. The van der Waals surface area contributed by atoms with Gasteiger partial charge in [0.25, 0.3) is 11.8 Å². The predicted molar refractivity (Wildman–Crippen MR) is 127 cm³/mol. The molecule has 0 atom stereocenters. The van der Waals surface area contributed by atoms with Gasteiger partial charge in [0.15, 0.2) is 5.11 Å². The molecular formula is C23H29N3O5S. The van der Waals surface area contributed by atoms with Crippen LogP contribution in [0, 0.1) is 0 Å². The van der Waals surface area contributed by atoms with Crippen LogP contribution in [0.2, 0.25) is 0 Å². The molecule has 2 aromatic carbocycles. The molecule has 9 heteroatoms. The van der Waals surface area contributed by atoms with Crippen LogP contribution in [-0.4, -0.2) is 57.0 Å². The average molecular weight is 460 g/mol. The smallest absolute Gasteiger partial charge is 0.257 e. The quantitative estimate of drug-likeness (QED) is 0.332. The van der Waals surface area contributed by atoms with Crippen LogP contribution in [-0.2, 0) is 9.47 Å². The van der Waals surface area contributed by atoms with Crippen molar-refractivity contribution in [2.45, 2.75) is 13.3 Å². The number of amides is 2. The maximum atomic E-state index is 12.5. The van der Waals surface area contributed by atoms with Gasteiger partial charge >= 0.3 is 0 Å². The number of anilines is 1. The molecule has 8 nitrogen and oxygen atoms in total. The van der Waals surface area contributed by atoms with Crippen LogP contribution >= 0.6 is 12.2 Å². The van der Waals surface area contributed by atoms with E-state index in [1.165, 1.54) is 0 Å². The van der Waals surface area contributed by atoms with E-state index in [1.807, 2.05) is 6.92 Å². The molecular weight excluding hydrogens is 430 g/mol. The minimum Gasteiger partial charge on any atom is -0.491 e. The summed E-state index contributed by atoms with van der Waals surface area (Å²) in [6, 6.07) is 13.6. The summed E-state index contributed by atoms with van der Waals surface area (Å²) >= 11 is 5.23. The molecule has 0 unspecified atom stereocenters. The molecule has 0 radical (unpaired) electrons. The number of benzene rings is 2. The maximum Gasteiger partial charge on any atom is 0.257 e. The molecule has 0 saturated heterocycles. The van der Waals surface area contributed by atoms with E-state index >= 15 is 0 Å². The summed E-state index contributed by atoms with van der Waals surface area (Å²) < 4.78 is 15.8. The second kappa shape index (κ2) is 14.1. The third-order valence-electron chi connectivity index (χ3n) is 4.24. The fourth-order valence-corrected chi connectivity index (χ4v) is 2.86. The lowest BCUT2D eigenvalue weighted by molar-refractivity contribution is 0.0946. The Kier molecular flexibility index (Phi) is 11.1. The Hall–Kier alpha value is -3.01. The molecule has 2 amide bonds. The number of methoxy groups -OCH3 is 1. The van der Waals surface area contributed by atoms with E-state index in [0.29, 0.717) is 55.5 Å². The summed E-state index contributed by atoms with van der Waals surface area (Å²) in [4.78, 5) is 24.6. The third kappa shape index (κ3) is 9.01. The van der Waals surface area contributed by atoms with Gasteiger partial charge < -0.3 is 24.8 Å². The Balaban J connectivity index is 1.83. The van der Waals surface area contributed by atoms with Crippen molar-refractivity contribution in [1.82, 2.24) is 10.6 Å². The molecule has 32 heavy (non-hydrogen) atoms. The number of rotatable bonds is 12. The highest BCUT2D eigenvalue weighted by Gasteiger charge is 2.10. The van der Waals surface area contributed by atoms with E-state index in [1.54, 1.807) is 55.6 Å². The zero-order chi connectivity index (χ0) is 23.2. The molecule has 2 aromatic rings. The Morgan fingerprint density at radius 1 is 0.969 bits per heavy atom. The van der Waals surface area contributed by atoms with Gasteiger partial charge in [0.1, 0.15) is 12.4 Å². The predicted octanol–water partition coefficient (Wildman–Crippen LogP) is 3.00. The Bertz CT molecular complexity index is 889. The van der Waals surface area contributed by atoms with Gasteiger partial charge in [0, 0.05) is 43.7 Å². The van der Waals surface area contributed by atoms with Crippen LogP contribution in [0.15, 0.2) is 48.5 Å². The molecule has 2 rings (SSSR count). The van der Waals surface area contributed by atoms with Crippen LogP contribution in [0.25, 0.3) is 0 Å². The topological polar surface area (TPSA) is 97.9 Å². The second-order valence-electron chi connectivity index (χ2n) is 6.66. The fraction of sp³-hybridized carbons (Fsp3) is 0.348. The van der Waals surface area contributed by atoms with Gasteiger partial charge in [0.2, 0.25) is 0 Å². The number of thiocarbonyl (C=S) groups is 1. The molecule has 3 N–H and O–H groups in total. The fourth-order valence-electron chi connectivity index (χ4n) is 2.65. The van der Waals surface area contributed by atoms with E-state index in [0.717, 1.165) is 6.42 Å². The van der Waals surface area contributed by atoms with Crippen molar-refractivity contribution >= 4 is 34.8 Å². The third-order valence-corrected chi connectivity index (χ3v) is 4.44. The van der Waals surface area contributed by atoms with Crippen LogP contribution in [0.1, 0.15) is 34.1 Å². The number of hydrogen-bond donors (Lipinski definition) is 3. The van der Waals surface area contributed by atoms with E-state index in [2.05, 4.69) is 16.0 Å². The minimum absolute atomic E-state index is 0.148. The van der Waals surface area contributed by atoms with Crippen LogP contribution in [0.3, 0.4) is 0 Å². The van der Waals surface area contributed by atoms with Crippen molar-refractivity contribution in [3.05, 3.63) is 59.7 Å². The van der Waals surface area contributed by atoms with Gasteiger partial charge in [-0.05, 0) is 68.0 Å². The van der Waals surface area contributed by atoms with Crippen molar-refractivity contribution in [3.63, 3.8) is 0 Å². The standard InChI is InChI=1S/C23H29N3O5S/c1-3-30-14-15-31-20-7-4-6-18(16-20)22(28)26-23(32)25-19-10-8-17(9-11-19)21(27)24-12-5-13-29-2/h4,6-11,16H,3,5,12-15H2,1-2H3,(H,24,27)(H2,25,26,28,32). The second-order valence-corrected chi connectivity index (χ2v) is 7.07. The number of ether oxygens (including phenoxy) is 3. The largest absolute Gasteiger partial charge is 0.491 e. The summed E-state index contributed by atoms with van der Waals surface area (Å²) in [6.07, 6.45) is 0.748. The number of nitrogens with one attached hydrogen (secondary N) is 3. The molecule has 0 saturated carbocycles. The summed E-state index contributed by atoms with van der Waals surface area (Å²) in [5, 5.41) is 8.54. The highest BCUT2D eigenvalue weighted by atomic mass is 32.1. The van der Waals surface area contributed by atoms with Crippen LogP contribution in [0.5, 0.6) is 5.75 Å². The maximum absolute atomic E-state index is 12.5. The summed E-state index contributed by atoms with van der Waals surface area (Å²) in [5.74, 6) is 0.0593. The van der Waals surface area contributed by atoms with Gasteiger partial charge in [-0.3, -0.25) is 14.9 Å². The van der Waals surface area contributed by atoms with Crippen LogP contribution in [0.4, 0.5) is 5.69 Å². The highest BCUT2D eigenvalue weighted by molar-refractivity contribution is 7.80. The molecule has 0 fully saturated rings. The number of carbonyl (C=O) groups is 2. The Morgan fingerprint density at radius 3 is 2.47 bits per heavy atom. The lowest BCUT2D eigenvalue weighted by atomic mass is 10.2. The van der Waals surface area contributed by atoms with Crippen molar-refractivity contribution in [2.24, 2.45) is 0 Å². The van der Waals surface area contributed by atoms with Crippen molar-refractivity contribution < 1.29 is 23.8 Å². The van der Waals surface area contributed by atoms with Gasteiger partial charge in [-0.15, -0.1) is 0 Å². The average Bonchev–Trinajstić information content (AvgIpc) is 2.80.